The number of halogens is 1. The van der Waals surface area contributed by atoms with Crippen LogP contribution in [0.25, 0.3) is 10.6 Å². The van der Waals surface area contributed by atoms with Gasteiger partial charge in [0, 0.05) is 13.6 Å². The Kier molecular flexibility index (Phi) is 5.17. The van der Waals surface area contributed by atoms with E-state index in [2.05, 4.69) is 15.5 Å². The first-order chi connectivity index (χ1) is 9.74. The summed E-state index contributed by atoms with van der Waals surface area (Å²) in [6.07, 6.45) is 3.88. The number of rotatable bonds is 4. The fourth-order valence-corrected chi connectivity index (χ4v) is 2.89. The Morgan fingerprint density at radius 2 is 2.43 bits per heavy atom. The van der Waals surface area contributed by atoms with Gasteiger partial charge in [0.1, 0.15) is 11.7 Å². The van der Waals surface area contributed by atoms with Gasteiger partial charge in [0.25, 0.3) is 0 Å². The number of H-pyrrole nitrogens is 1. The van der Waals surface area contributed by atoms with Gasteiger partial charge in [-0.2, -0.15) is 5.10 Å². The summed E-state index contributed by atoms with van der Waals surface area (Å²) in [7, 11) is 1.81. The van der Waals surface area contributed by atoms with Crippen LogP contribution in [-0.2, 0) is 11.3 Å². The van der Waals surface area contributed by atoms with Crippen LogP contribution in [0.4, 0.5) is 0 Å². The van der Waals surface area contributed by atoms with Crippen molar-refractivity contribution in [1.29, 1.82) is 0 Å². The monoisotopic (exact) mass is 324 g/mol. The second-order valence-corrected chi connectivity index (χ2v) is 5.71. The summed E-state index contributed by atoms with van der Waals surface area (Å²) >= 11 is 1.65. The van der Waals surface area contributed by atoms with Gasteiger partial charge in [-0.25, -0.2) is 0 Å². The van der Waals surface area contributed by atoms with Gasteiger partial charge in [-0.3, -0.25) is 15.2 Å². The molecule has 0 spiro atoms. The van der Waals surface area contributed by atoms with Gasteiger partial charge in [-0.1, -0.05) is 18.2 Å². The van der Waals surface area contributed by atoms with Gasteiger partial charge in [-0.05, 0) is 17.5 Å². The van der Waals surface area contributed by atoms with Crippen LogP contribution in [0.15, 0.2) is 35.7 Å². The lowest BCUT2D eigenvalue weighted by atomic mass is 10.2. The SMILES string of the molecule is CN(Cc1cc(-c2cccs2)n[nH]1)C(=O)C1C=CCN1.Cl. The number of likely N-dealkylation sites (N-methyl/N-ethyl adjacent to an activating group) is 1. The first-order valence-corrected chi connectivity index (χ1v) is 7.35. The molecule has 0 aliphatic carbocycles. The summed E-state index contributed by atoms with van der Waals surface area (Å²) in [5.74, 6) is 0.0750. The lowest BCUT2D eigenvalue weighted by Gasteiger charge is -2.19. The first-order valence-electron chi connectivity index (χ1n) is 6.47. The quantitative estimate of drug-likeness (QED) is 0.846. The van der Waals surface area contributed by atoms with Crippen molar-refractivity contribution in [3.05, 3.63) is 41.4 Å². The second kappa shape index (κ2) is 6.89. The molecule has 0 fully saturated rings. The lowest BCUT2D eigenvalue weighted by Crippen LogP contribution is -2.41. The van der Waals surface area contributed by atoms with Crippen molar-refractivity contribution in [1.82, 2.24) is 20.4 Å². The van der Waals surface area contributed by atoms with Crippen LogP contribution in [0.2, 0.25) is 0 Å². The summed E-state index contributed by atoms with van der Waals surface area (Å²) < 4.78 is 0. The average Bonchev–Trinajstić information content (AvgIpc) is 3.19. The third-order valence-corrected chi connectivity index (χ3v) is 4.13. The molecule has 112 valence electrons. The molecule has 2 aromatic heterocycles. The maximum absolute atomic E-state index is 12.2. The van der Waals surface area contributed by atoms with E-state index in [0.717, 1.165) is 22.8 Å². The Morgan fingerprint density at radius 1 is 1.57 bits per heavy atom. The third-order valence-electron chi connectivity index (χ3n) is 3.24. The maximum atomic E-state index is 12.2. The third kappa shape index (κ3) is 3.53. The number of aromatic nitrogens is 2. The van der Waals surface area contributed by atoms with Gasteiger partial charge < -0.3 is 4.90 Å². The zero-order chi connectivity index (χ0) is 13.9. The molecule has 0 bridgehead atoms. The van der Waals surface area contributed by atoms with E-state index >= 15 is 0 Å². The molecule has 1 unspecified atom stereocenters. The van der Waals surface area contributed by atoms with E-state index in [9.17, 15) is 4.79 Å². The number of nitrogens with one attached hydrogen (secondary N) is 2. The van der Waals surface area contributed by atoms with E-state index in [-0.39, 0.29) is 24.4 Å². The van der Waals surface area contributed by atoms with Gasteiger partial charge in [-0.15, -0.1) is 23.7 Å². The highest BCUT2D eigenvalue weighted by Crippen LogP contribution is 2.23. The highest BCUT2D eigenvalue weighted by atomic mass is 35.5. The molecule has 1 atom stereocenters. The van der Waals surface area contributed by atoms with Gasteiger partial charge in [0.15, 0.2) is 0 Å². The van der Waals surface area contributed by atoms with Gasteiger partial charge in [0.05, 0.1) is 17.1 Å². The first kappa shape index (κ1) is 15.8. The molecule has 3 rings (SSSR count). The van der Waals surface area contributed by atoms with E-state index in [1.54, 1.807) is 16.2 Å². The number of hydrogen-bond acceptors (Lipinski definition) is 4. The molecular weight excluding hydrogens is 308 g/mol. The molecule has 1 amide bonds. The standard InChI is InChI=1S/C14H16N4OS.ClH/c1-18(14(19)11-4-2-6-15-11)9-10-8-12(17-16-10)13-5-3-7-20-13;/h2-5,7-8,11,15H,6,9H2,1H3,(H,16,17);1H. The maximum Gasteiger partial charge on any atom is 0.243 e. The van der Waals surface area contributed by atoms with Crippen LogP contribution in [0, 0.1) is 0 Å². The zero-order valence-corrected chi connectivity index (χ0v) is 13.2. The van der Waals surface area contributed by atoms with Crippen molar-refractivity contribution in [2.75, 3.05) is 13.6 Å². The minimum absolute atomic E-state index is 0. The molecule has 1 aliphatic rings. The van der Waals surface area contributed by atoms with E-state index in [0.29, 0.717) is 6.54 Å². The Morgan fingerprint density at radius 3 is 3.10 bits per heavy atom. The Labute approximate surface area is 133 Å². The number of hydrogen-bond donors (Lipinski definition) is 2. The molecular formula is C14H17ClN4OS. The highest BCUT2D eigenvalue weighted by molar-refractivity contribution is 7.13. The number of carbonyl (C=O) groups excluding carboxylic acids is 1. The van der Waals surface area contributed by atoms with Crippen molar-refractivity contribution in [2.45, 2.75) is 12.6 Å². The summed E-state index contributed by atoms with van der Waals surface area (Å²) in [6, 6.07) is 5.84. The Hall–Kier alpha value is -1.63. The van der Waals surface area contributed by atoms with Crippen molar-refractivity contribution in [3.63, 3.8) is 0 Å². The smallest absolute Gasteiger partial charge is 0.243 e. The topological polar surface area (TPSA) is 61.0 Å². The molecule has 21 heavy (non-hydrogen) atoms. The minimum Gasteiger partial charge on any atom is -0.338 e. The zero-order valence-electron chi connectivity index (χ0n) is 11.6. The van der Waals surface area contributed by atoms with E-state index in [4.69, 9.17) is 0 Å². The number of thiophene rings is 1. The summed E-state index contributed by atoms with van der Waals surface area (Å²) in [6.45, 7) is 1.29. The van der Waals surface area contributed by atoms with Crippen molar-refractivity contribution >= 4 is 29.7 Å². The summed E-state index contributed by atoms with van der Waals surface area (Å²) in [5, 5.41) is 12.4. The summed E-state index contributed by atoms with van der Waals surface area (Å²) in [5.41, 5.74) is 1.86. The lowest BCUT2D eigenvalue weighted by molar-refractivity contribution is -0.131. The van der Waals surface area contributed by atoms with Crippen molar-refractivity contribution in [2.24, 2.45) is 0 Å². The van der Waals surface area contributed by atoms with Crippen molar-refractivity contribution < 1.29 is 4.79 Å². The normalized spacial score (nSPS) is 16.7. The molecule has 0 saturated carbocycles. The van der Waals surface area contributed by atoms with Crippen LogP contribution < -0.4 is 5.32 Å². The van der Waals surface area contributed by atoms with E-state index < -0.39 is 0 Å². The van der Waals surface area contributed by atoms with Crippen LogP contribution in [0.5, 0.6) is 0 Å². The fourth-order valence-electron chi connectivity index (χ4n) is 2.20. The molecule has 0 radical (unpaired) electrons. The number of amides is 1. The van der Waals surface area contributed by atoms with Crippen LogP contribution >= 0.6 is 23.7 Å². The molecule has 3 heterocycles. The molecule has 5 nitrogen and oxygen atoms in total. The molecule has 2 aromatic rings. The number of carbonyl (C=O) groups is 1. The van der Waals surface area contributed by atoms with Gasteiger partial charge >= 0.3 is 0 Å². The molecule has 0 saturated heterocycles. The van der Waals surface area contributed by atoms with Crippen LogP contribution in [0.3, 0.4) is 0 Å². The Bertz CT molecular complexity index is 623. The second-order valence-electron chi connectivity index (χ2n) is 4.76. The molecule has 1 aliphatic heterocycles. The number of nitrogens with zero attached hydrogens (tertiary/aromatic N) is 2. The predicted molar refractivity (Wildman–Crippen MR) is 86.6 cm³/mol. The molecule has 0 aromatic carbocycles. The molecule has 7 heteroatoms. The van der Waals surface area contributed by atoms with Crippen LogP contribution in [0.1, 0.15) is 5.69 Å². The fraction of sp³-hybridized carbons (Fsp3) is 0.286. The van der Waals surface area contributed by atoms with Crippen molar-refractivity contribution in [3.8, 4) is 10.6 Å². The summed E-state index contributed by atoms with van der Waals surface area (Å²) in [4.78, 5) is 15.0. The largest absolute Gasteiger partial charge is 0.338 e. The van der Waals surface area contributed by atoms with Crippen LogP contribution in [-0.4, -0.2) is 40.6 Å². The Balaban J connectivity index is 0.00000161. The molecule has 2 N–H and O–H groups in total. The average molecular weight is 325 g/mol. The van der Waals surface area contributed by atoms with Gasteiger partial charge in [0.2, 0.25) is 5.91 Å². The number of aromatic amines is 1. The predicted octanol–water partition coefficient (Wildman–Crippen LogP) is 2.05. The highest BCUT2D eigenvalue weighted by Gasteiger charge is 2.21. The van der Waals surface area contributed by atoms with E-state index in [1.807, 2.05) is 42.8 Å². The van der Waals surface area contributed by atoms with E-state index in [1.165, 1.54) is 0 Å². The minimum atomic E-state index is -0.195.